The van der Waals surface area contributed by atoms with Crippen molar-refractivity contribution in [3.63, 3.8) is 0 Å². The predicted octanol–water partition coefficient (Wildman–Crippen LogP) is 3.71. The Labute approximate surface area is 149 Å². The van der Waals surface area contributed by atoms with Crippen LogP contribution in [0.25, 0.3) is 11.3 Å². The van der Waals surface area contributed by atoms with Crippen LogP contribution < -0.4 is 5.32 Å². The van der Waals surface area contributed by atoms with Gasteiger partial charge in [-0.3, -0.25) is 4.79 Å². The normalized spacial score (nSPS) is 10.9. The Morgan fingerprint density at radius 2 is 1.80 bits per heavy atom. The quantitative estimate of drug-likeness (QED) is 0.610. The van der Waals surface area contributed by atoms with Crippen LogP contribution in [-0.4, -0.2) is 19.9 Å². The molecule has 0 unspecified atom stereocenters. The number of benzene rings is 1. The molecule has 0 saturated heterocycles. The zero-order chi connectivity index (χ0) is 17.2. The summed E-state index contributed by atoms with van der Waals surface area (Å²) in [5.74, 6) is -0.130. The number of carbonyl (C=O) groups excluding carboxylic acids is 1. The van der Waals surface area contributed by atoms with Crippen LogP contribution in [0.4, 0.5) is 0 Å². The van der Waals surface area contributed by atoms with Gasteiger partial charge in [0.1, 0.15) is 5.65 Å². The SMILES string of the molecule is O=C(NCc1cn2cc(Cl)ccc2n1)c1ccc(-n2cccc2)cc1. The van der Waals surface area contributed by atoms with Crippen molar-refractivity contribution < 1.29 is 4.79 Å². The first kappa shape index (κ1) is 15.5. The third-order valence-electron chi connectivity index (χ3n) is 3.93. The number of halogens is 1. The number of nitrogens with one attached hydrogen (secondary N) is 1. The fourth-order valence-corrected chi connectivity index (χ4v) is 2.84. The van der Waals surface area contributed by atoms with Gasteiger partial charge in [-0.1, -0.05) is 11.6 Å². The summed E-state index contributed by atoms with van der Waals surface area (Å²) in [7, 11) is 0. The highest BCUT2D eigenvalue weighted by Crippen LogP contribution is 2.12. The summed E-state index contributed by atoms with van der Waals surface area (Å²) in [6.45, 7) is 0.359. The maximum atomic E-state index is 12.3. The van der Waals surface area contributed by atoms with Gasteiger partial charge in [-0.05, 0) is 48.5 Å². The number of amides is 1. The molecular formula is C19H15ClN4O. The zero-order valence-corrected chi connectivity index (χ0v) is 14.0. The topological polar surface area (TPSA) is 51.3 Å². The number of nitrogens with zero attached hydrogens (tertiary/aromatic N) is 3. The van der Waals surface area contributed by atoms with Crippen LogP contribution in [0, 0.1) is 0 Å². The first-order valence-electron chi connectivity index (χ1n) is 7.84. The monoisotopic (exact) mass is 350 g/mol. The van der Waals surface area contributed by atoms with Crippen molar-refractivity contribution in [2.45, 2.75) is 6.54 Å². The van der Waals surface area contributed by atoms with Crippen LogP contribution in [0.15, 0.2) is 73.3 Å². The van der Waals surface area contributed by atoms with Crippen molar-refractivity contribution in [3.05, 3.63) is 89.6 Å². The van der Waals surface area contributed by atoms with E-state index in [4.69, 9.17) is 11.6 Å². The van der Waals surface area contributed by atoms with Crippen LogP contribution in [0.5, 0.6) is 0 Å². The lowest BCUT2D eigenvalue weighted by molar-refractivity contribution is 0.0950. The summed E-state index contributed by atoms with van der Waals surface area (Å²) >= 11 is 5.97. The first-order chi connectivity index (χ1) is 12.2. The van der Waals surface area contributed by atoms with Gasteiger partial charge in [0.25, 0.3) is 5.91 Å². The van der Waals surface area contributed by atoms with Gasteiger partial charge in [0.05, 0.1) is 17.3 Å². The van der Waals surface area contributed by atoms with Crippen molar-refractivity contribution in [2.75, 3.05) is 0 Å². The van der Waals surface area contributed by atoms with Crippen molar-refractivity contribution in [2.24, 2.45) is 0 Å². The van der Waals surface area contributed by atoms with E-state index in [-0.39, 0.29) is 5.91 Å². The molecule has 1 N–H and O–H groups in total. The lowest BCUT2D eigenvalue weighted by Crippen LogP contribution is -2.22. The summed E-state index contributed by atoms with van der Waals surface area (Å²) in [5.41, 5.74) is 3.20. The fourth-order valence-electron chi connectivity index (χ4n) is 2.67. The number of hydrogen-bond acceptors (Lipinski definition) is 2. The summed E-state index contributed by atoms with van der Waals surface area (Å²) in [6.07, 6.45) is 7.57. The Kier molecular flexibility index (Phi) is 3.99. The van der Waals surface area contributed by atoms with Gasteiger partial charge < -0.3 is 14.3 Å². The molecule has 0 radical (unpaired) electrons. The predicted molar refractivity (Wildman–Crippen MR) is 97.1 cm³/mol. The van der Waals surface area contributed by atoms with E-state index in [1.54, 1.807) is 12.3 Å². The second kappa shape index (κ2) is 6.45. The van der Waals surface area contributed by atoms with E-state index >= 15 is 0 Å². The number of fused-ring (bicyclic) bond motifs is 1. The number of aromatic nitrogens is 3. The van der Waals surface area contributed by atoms with Crippen molar-refractivity contribution in [3.8, 4) is 5.69 Å². The molecule has 1 aromatic carbocycles. The third-order valence-corrected chi connectivity index (χ3v) is 4.15. The highest BCUT2D eigenvalue weighted by Gasteiger charge is 2.08. The molecule has 0 bridgehead atoms. The van der Waals surface area contributed by atoms with E-state index in [9.17, 15) is 4.79 Å². The van der Waals surface area contributed by atoms with E-state index in [1.165, 1.54) is 0 Å². The molecule has 124 valence electrons. The molecule has 4 aromatic rings. The summed E-state index contributed by atoms with van der Waals surface area (Å²) < 4.78 is 3.83. The molecule has 0 atom stereocenters. The molecular weight excluding hydrogens is 336 g/mol. The molecule has 4 rings (SSSR count). The van der Waals surface area contributed by atoms with E-state index in [1.807, 2.05) is 70.0 Å². The molecule has 5 nitrogen and oxygen atoms in total. The molecule has 25 heavy (non-hydrogen) atoms. The smallest absolute Gasteiger partial charge is 0.251 e. The van der Waals surface area contributed by atoms with Crippen LogP contribution in [0.1, 0.15) is 16.1 Å². The number of imidazole rings is 1. The maximum absolute atomic E-state index is 12.3. The molecule has 0 saturated carbocycles. The molecule has 1 amide bonds. The Morgan fingerprint density at radius 3 is 2.56 bits per heavy atom. The molecule has 0 fully saturated rings. The largest absolute Gasteiger partial charge is 0.346 e. The second-order valence-corrected chi connectivity index (χ2v) is 6.10. The summed E-state index contributed by atoms with van der Waals surface area (Å²) in [6, 6.07) is 15.0. The van der Waals surface area contributed by atoms with Gasteiger partial charge in [-0.25, -0.2) is 4.98 Å². The first-order valence-corrected chi connectivity index (χ1v) is 8.21. The Balaban J connectivity index is 1.44. The van der Waals surface area contributed by atoms with Crippen molar-refractivity contribution >= 4 is 23.2 Å². The Morgan fingerprint density at radius 1 is 1.04 bits per heavy atom. The Hall–Kier alpha value is -3.05. The van der Waals surface area contributed by atoms with Crippen LogP contribution in [0.2, 0.25) is 5.02 Å². The molecule has 0 spiro atoms. The number of rotatable bonds is 4. The van der Waals surface area contributed by atoms with Crippen molar-refractivity contribution in [1.29, 1.82) is 0 Å². The van der Waals surface area contributed by atoms with Gasteiger partial charge >= 0.3 is 0 Å². The minimum absolute atomic E-state index is 0.130. The average molecular weight is 351 g/mol. The van der Waals surface area contributed by atoms with Crippen LogP contribution in [-0.2, 0) is 6.54 Å². The summed E-state index contributed by atoms with van der Waals surface area (Å²) in [4.78, 5) is 16.8. The molecule has 3 aromatic heterocycles. The molecule has 0 aliphatic carbocycles. The van der Waals surface area contributed by atoms with E-state index in [0.717, 1.165) is 17.0 Å². The molecule has 0 aliphatic heterocycles. The molecule has 3 heterocycles. The minimum Gasteiger partial charge on any atom is -0.346 e. The third kappa shape index (κ3) is 3.27. The second-order valence-electron chi connectivity index (χ2n) is 5.66. The Bertz CT molecular complexity index is 1020. The van der Waals surface area contributed by atoms with Crippen LogP contribution in [0.3, 0.4) is 0 Å². The standard InChI is InChI=1S/C19H15ClN4O/c20-15-5-8-18-22-16(13-24(18)12-15)11-21-19(25)14-3-6-17(7-4-14)23-9-1-2-10-23/h1-10,12-13H,11H2,(H,21,25). The van der Waals surface area contributed by atoms with Gasteiger partial charge in [-0.15, -0.1) is 0 Å². The van der Waals surface area contributed by atoms with E-state index < -0.39 is 0 Å². The zero-order valence-electron chi connectivity index (χ0n) is 13.3. The molecule has 6 heteroatoms. The van der Waals surface area contributed by atoms with Gasteiger partial charge in [-0.2, -0.15) is 0 Å². The van der Waals surface area contributed by atoms with E-state index in [2.05, 4.69) is 10.3 Å². The lowest BCUT2D eigenvalue weighted by atomic mass is 10.2. The lowest BCUT2D eigenvalue weighted by Gasteiger charge is -2.06. The van der Waals surface area contributed by atoms with Gasteiger partial charge in [0, 0.05) is 36.0 Å². The van der Waals surface area contributed by atoms with Crippen LogP contribution >= 0.6 is 11.6 Å². The maximum Gasteiger partial charge on any atom is 0.251 e. The van der Waals surface area contributed by atoms with Gasteiger partial charge in [0.2, 0.25) is 0 Å². The van der Waals surface area contributed by atoms with Crippen molar-refractivity contribution in [1.82, 2.24) is 19.3 Å². The number of pyridine rings is 1. The van der Waals surface area contributed by atoms with E-state index in [0.29, 0.717) is 17.1 Å². The number of carbonyl (C=O) groups is 1. The highest BCUT2D eigenvalue weighted by molar-refractivity contribution is 6.30. The average Bonchev–Trinajstić information content (AvgIpc) is 3.29. The fraction of sp³-hybridized carbons (Fsp3) is 0.0526. The minimum atomic E-state index is -0.130. The molecule has 0 aliphatic rings. The van der Waals surface area contributed by atoms with Gasteiger partial charge in [0.15, 0.2) is 0 Å². The summed E-state index contributed by atoms with van der Waals surface area (Å²) in [5, 5.41) is 3.53. The number of hydrogen-bond donors (Lipinski definition) is 1. The highest BCUT2D eigenvalue weighted by atomic mass is 35.5.